The quantitative estimate of drug-likeness (QED) is 0.881. The first-order valence-electron chi connectivity index (χ1n) is 6.37. The Morgan fingerprint density at radius 2 is 2.24 bits per heavy atom. The highest BCUT2D eigenvalue weighted by molar-refractivity contribution is 5.66. The monoisotopic (exact) mass is 294 g/mol. The van der Waals surface area contributed by atoms with Crippen LogP contribution >= 0.6 is 0 Å². The summed E-state index contributed by atoms with van der Waals surface area (Å²) in [6.07, 6.45) is 0.382. The zero-order valence-electron chi connectivity index (χ0n) is 11.7. The molecule has 1 aromatic carbocycles. The lowest BCUT2D eigenvalue weighted by Gasteiger charge is -2.04. The van der Waals surface area contributed by atoms with E-state index < -0.39 is 11.8 Å². The molecule has 0 spiro atoms. The van der Waals surface area contributed by atoms with Gasteiger partial charge in [0.05, 0.1) is 7.11 Å². The van der Waals surface area contributed by atoms with Crippen molar-refractivity contribution in [1.82, 2.24) is 10.2 Å². The Hall–Kier alpha value is -2.44. The Kier molecular flexibility index (Phi) is 4.52. The predicted molar refractivity (Wildman–Crippen MR) is 71.4 cm³/mol. The van der Waals surface area contributed by atoms with E-state index in [1.807, 2.05) is 0 Å². The standard InChI is InChI=1S/C14H15FN2O4/c1-8(6-13(18)19)5-12-16-17-14(21-12)9-3-4-11(20-2)10(15)7-9/h3-4,7-8H,5-6H2,1-2H3,(H,18,19). The van der Waals surface area contributed by atoms with Crippen LogP contribution in [0.4, 0.5) is 4.39 Å². The van der Waals surface area contributed by atoms with E-state index >= 15 is 0 Å². The molecule has 112 valence electrons. The van der Waals surface area contributed by atoms with Gasteiger partial charge in [-0.3, -0.25) is 4.79 Å². The van der Waals surface area contributed by atoms with Gasteiger partial charge in [-0.2, -0.15) is 0 Å². The summed E-state index contributed by atoms with van der Waals surface area (Å²) >= 11 is 0. The number of aromatic nitrogens is 2. The number of aliphatic carboxylic acids is 1. The highest BCUT2D eigenvalue weighted by Gasteiger charge is 2.15. The number of nitrogens with zero attached hydrogens (tertiary/aromatic N) is 2. The second-order valence-corrected chi connectivity index (χ2v) is 4.76. The van der Waals surface area contributed by atoms with Crippen molar-refractivity contribution in [1.29, 1.82) is 0 Å². The number of hydrogen-bond donors (Lipinski definition) is 1. The molecule has 0 fully saturated rings. The van der Waals surface area contributed by atoms with Crippen LogP contribution in [0.3, 0.4) is 0 Å². The summed E-state index contributed by atoms with van der Waals surface area (Å²) in [5.41, 5.74) is 0.443. The summed E-state index contributed by atoms with van der Waals surface area (Å²) in [7, 11) is 1.38. The highest BCUT2D eigenvalue weighted by atomic mass is 19.1. The third-order valence-corrected chi connectivity index (χ3v) is 2.91. The molecule has 1 unspecified atom stereocenters. The molecule has 0 saturated heterocycles. The van der Waals surface area contributed by atoms with Crippen molar-refractivity contribution in [2.45, 2.75) is 19.8 Å². The largest absolute Gasteiger partial charge is 0.494 e. The van der Waals surface area contributed by atoms with Crippen LogP contribution in [0.2, 0.25) is 0 Å². The van der Waals surface area contributed by atoms with Crippen LogP contribution in [0, 0.1) is 11.7 Å². The van der Waals surface area contributed by atoms with Crippen molar-refractivity contribution in [2.24, 2.45) is 5.92 Å². The van der Waals surface area contributed by atoms with Gasteiger partial charge in [-0.15, -0.1) is 10.2 Å². The van der Waals surface area contributed by atoms with E-state index in [0.717, 1.165) is 0 Å². The number of rotatable bonds is 6. The van der Waals surface area contributed by atoms with Crippen molar-refractivity contribution in [3.05, 3.63) is 29.9 Å². The third kappa shape index (κ3) is 3.77. The minimum atomic E-state index is -0.875. The van der Waals surface area contributed by atoms with Gasteiger partial charge >= 0.3 is 5.97 Å². The van der Waals surface area contributed by atoms with Crippen LogP contribution in [-0.4, -0.2) is 28.4 Å². The minimum absolute atomic E-state index is 0.0227. The SMILES string of the molecule is COc1ccc(-c2nnc(CC(C)CC(=O)O)o2)cc1F. The fourth-order valence-corrected chi connectivity index (χ4v) is 1.92. The molecular weight excluding hydrogens is 279 g/mol. The first kappa shape index (κ1) is 15.0. The predicted octanol–water partition coefficient (Wildman–Crippen LogP) is 2.54. The van der Waals surface area contributed by atoms with Gasteiger partial charge in [0.1, 0.15) is 0 Å². The van der Waals surface area contributed by atoms with Gasteiger partial charge < -0.3 is 14.3 Å². The van der Waals surface area contributed by atoms with Crippen molar-refractivity contribution in [2.75, 3.05) is 7.11 Å². The zero-order chi connectivity index (χ0) is 15.4. The number of halogens is 1. The second kappa shape index (κ2) is 6.34. The van der Waals surface area contributed by atoms with Crippen LogP contribution in [-0.2, 0) is 11.2 Å². The summed E-state index contributed by atoms with van der Waals surface area (Å²) in [4.78, 5) is 10.6. The lowest BCUT2D eigenvalue weighted by Crippen LogP contribution is -2.07. The number of carboxylic acid groups (broad SMARTS) is 1. The van der Waals surface area contributed by atoms with Crippen molar-refractivity contribution in [3.63, 3.8) is 0 Å². The topological polar surface area (TPSA) is 85.5 Å². The van der Waals surface area contributed by atoms with Gasteiger partial charge in [-0.05, 0) is 24.1 Å². The molecule has 21 heavy (non-hydrogen) atoms. The molecule has 1 aromatic heterocycles. The average Bonchev–Trinajstić information content (AvgIpc) is 2.86. The highest BCUT2D eigenvalue weighted by Crippen LogP contribution is 2.25. The van der Waals surface area contributed by atoms with E-state index in [2.05, 4.69) is 10.2 Å². The lowest BCUT2D eigenvalue weighted by molar-refractivity contribution is -0.137. The fourth-order valence-electron chi connectivity index (χ4n) is 1.92. The zero-order valence-corrected chi connectivity index (χ0v) is 11.7. The van der Waals surface area contributed by atoms with E-state index in [9.17, 15) is 9.18 Å². The van der Waals surface area contributed by atoms with Gasteiger partial charge in [-0.1, -0.05) is 6.92 Å². The molecule has 0 aliphatic heterocycles. The normalized spacial score (nSPS) is 12.1. The van der Waals surface area contributed by atoms with Crippen molar-refractivity contribution in [3.8, 4) is 17.2 Å². The lowest BCUT2D eigenvalue weighted by atomic mass is 10.0. The smallest absolute Gasteiger partial charge is 0.303 e. The maximum atomic E-state index is 13.6. The molecular formula is C14H15FN2O4. The summed E-state index contributed by atoms with van der Waals surface area (Å²) < 4.78 is 23.9. The first-order chi connectivity index (χ1) is 9.99. The molecule has 0 saturated carbocycles. The van der Waals surface area contributed by atoms with E-state index in [1.54, 1.807) is 13.0 Å². The molecule has 0 amide bonds. The maximum Gasteiger partial charge on any atom is 0.303 e. The molecule has 1 N–H and O–H groups in total. The number of methoxy groups -OCH3 is 1. The fraction of sp³-hybridized carbons (Fsp3) is 0.357. The molecule has 1 atom stereocenters. The summed E-state index contributed by atoms with van der Waals surface area (Å²) in [5, 5.41) is 16.4. The first-order valence-corrected chi connectivity index (χ1v) is 6.37. The molecule has 0 aliphatic rings. The average molecular weight is 294 g/mol. The molecule has 2 aromatic rings. The van der Waals surface area contributed by atoms with Gasteiger partial charge in [0.15, 0.2) is 11.6 Å². The molecule has 0 radical (unpaired) electrons. The van der Waals surface area contributed by atoms with Crippen molar-refractivity contribution >= 4 is 5.97 Å². The van der Waals surface area contributed by atoms with E-state index in [-0.39, 0.29) is 24.0 Å². The van der Waals surface area contributed by atoms with E-state index in [1.165, 1.54) is 19.2 Å². The van der Waals surface area contributed by atoms with Crippen LogP contribution in [0.15, 0.2) is 22.6 Å². The number of benzene rings is 1. The van der Waals surface area contributed by atoms with Crippen LogP contribution in [0.25, 0.3) is 11.5 Å². The molecule has 1 heterocycles. The number of carbonyl (C=O) groups is 1. The second-order valence-electron chi connectivity index (χ2n) is 4.76. The number of hydrogen-bond acceptors (Lipinski definition) is 5. The Morgan fingerprint density at radius 1 is 1.48 bits per heavy atom. The summed E-state index contributed by atoms with van der Waals surface area (Å²) in [6, 6.07) is 4.33. The molecule has 0 bridgehead atoms. The molecule has 7 heteroatoms. The molecule has 6 nitrogen and oxygen atoms in total. The summed E-state index contributed by atoms with van der Waals surface area (Å²) in [5.74, 6) is -0.866. The Labute approximate surface area is 120 Å². The van der Waals surface area contributed by atoms with Gasteiger partial charge in [-0.25, -0.2) is 4.39 Å². The number of carboxylic acids is 1. The van der Waals surface area contributed by atoms with E-state index in [0.29, 0.717) is 17.9 Å². The Morgan fingerprint density at radius 3 is 2.86 bits per heavy atom. The van der Waals surface area contributed by atoms with Gasteiger partial charge in [0, 0.05) is 18.4 Å². The third-order valence-electron chi connectivity index (χ3n) is 2.91. The Bertz CT molecular complexity index is 642. The van der Waals surface area contributed by atoms with E-state index in [4.69, 9.17) is 14.3 Å². The summed E-state index contributed by atoms with van der Waals surface area (Å²) in [6.45, 7) is 1.78. The van der Waals surface area contributed by atoms with Gasteiger partial charge in [0.25, 0.3) is 0 Å². The Balaban J connectivity index is 2.12. The van der Waals surface area contributed by atoms with Crippen LogP contribution in [0.1, 0.15) is 19.2 Å². The van der Waals surface area contributed by atoms with Crippen LogP contribution in [0.5, 0.6) is 5.75 Å². The molecule has 0 aliphatic carbocycles. The van der Waals surface area contributed by atoms with Gasteiger partial charge in [0.2, 0.25) is 11.8 Å². The number of ether oxygens (including phenoxy) is 1. The van der Waals surface area contributed by atoms with Crippen LogP contribution < -0.4 is 4.74 Å². The molecule has 2 rings (SSSR count). The maximum absolute atomic E-state index is 13.6. The van der Waals surface area contributed by atoms with Crippen molar-refractivity contribution < 1.29 is 23.4 Å². The minimum Gasteiger partial charge on any atom is -0.494 e.